The predicted molar refractivity (Wildman–Crippen MR) is 60.8 cm³/mol. The van der Waals surface area contributed by atoms with Crippen LogP contribution in [0.3, 0.4) is 0 Å². The van der Waals surface area contributed by atoms with Crippen LogP contribution in [0.15, 0.2) is 23.7 Å². The summed E-state index contributed by atoms with van der Waals surface area (Å²) < 4.78 is 5.94. The van der Waals surface area contributed by atoms with E-state index in [1.165, 1.54) is 0 Å². The van der Waals surface area contributed by atoms with Gasteiger partial charge in [-0.1, -0.05) is 41.5 Å². The van der Waals surface area contributed by atoms with Crippen molar-refractivity contribution in [2.45, 2.75) is 48.0 Å². The fraction of sp³-hybridized carbons (Fsp3) is 0.692. The molecule has 14 heavy (non-hydrogen) atoms. The van der Waals surface area contributed by atoms with Crippen molar-refractivity contribution < 1.29 is 4.74 Å². The number of hydrogen-bond donors (Lipinski definition) is 0. The number of ether oxygens (including phenoxy) is 1. The maximum Gasteiger partial charge on any atom is 0.105 e. The van der Waals surface area contributed by atoms with Crippen LogP contribution in [0.5, 0.6) is 0 Å². The maximum absolute atomic E-state index is 5.94. The summed E-state index contributed by atoms with van der Waals surface area (Å²) in [6.45, 7) is 13.1. The van der Waals surface area contributed by atoms with Gasteiger partial charge in [-0.2, -0.15) is 0 Å². The normalized spacial score (nSPS) is 18.4. The Hall–Kier alpha value is -0.720. The number of hydrogen-bond acceptors (Lipinski definition) is 1. The molecule has 1 nitrogen and oxygen atoms in total. The molecular formula is C13H22O. The molecule has 1 aliphatic rings. The molecule has 0 bridgehead atoms. The summed E-state index contributed by atoms with van der Waals surface area (Å²) in [6, 6.07) is 0. The van der Waals surface area contributed by atoms with Gasteiger partial charge in [0.25, 0.3) is 0 Å². The molecule has 0 N–H and O–H groups in total. The van der Waals surface area contributed by atoms with Gasteiger partial charge in [-0.3, -0.25) is 0 Å². The first-order valence-corrected chi connectivity index (χ1v) is 5.30. The zero-order valence-corrected chi connectivity index (χ0v) is 10.3. The summed E-state index contributed by atoms with van der Waals surface area (Å²) in [5.74, 6) is 2.20. The van der Waals surface area contributed by atoms with Crippen LogP contribution in [0.1, 0.15) is 48.0 Å². The smallest absolute Gasteiger partial charge is 0.105 e. The van der Waals surface area contributed by atoms with Crippen molar-refractivity contribution >= 4 is 0 Å². The van der Waals surface area contributed by atoms with Crippen LogP contribution in [-0.4, -0.2) is 0 Å². The third-order valence-electron chi connectivity index (χ3n) is 2.30. The first kappa shape index (κ1) is 11.4. The van der Waals surface area contributed by atoms with E-state index in [-0.39, 0.29) is 10.8 Å². The van der Waals surface area contributed by atoms with Crippen LogP contribution in [0.4, 0.5) is 0 Å². The van der Waals surface area contributed by atoms with E-state index in [0.717, 1.165) is 17.9 Å². The molecule has 0 aromatic heterocycles. The number of allylic oxidation sites excluding steroid dienone is 4. The molecule has 0 amide bonds. The van der Waals surface area contributed by atoms with Gasteiger partial charge in [0.15, 0.2) is 0 Å². The van der Waals surface area contributed by atoms with Crippen molar-refractivity contribution in [3.63, 3.8) is 0 Å². The second-order valence-electron chi connectivity index (χ2n) is 5.97. The molecule has 0 aliphatic carbocycles. The van der Waals surface area contributed by atoms with Crippen molar-refractivity contribution in [1.82, 2.24) is 0 Å². The fourth-order valence-electron chi connectivity index (χ4n) is 1.39. The van der Waals surface area contributed by atoms with Crippen LogP contribution in [0, 0.1) is 10.8 Å². The lowest BCUT2D eigenvalue weighted by molar-refractivity contribution is 0.158. The Bertz CT molecular complexity index is 241. The minimum absolute atomic E-state index is 0.116. The minimum Gasteiger partial charge on any atom is -0.466 e. The van der Waals surface area contributed by atoms with Crippen LogP contribution in [0.2, 0.25) is 0 Å². The second-order valence-corrected chi connectivity index (χ2v) is 5.97. The zero-order chi connectivity index (χ0) is 11.0. The van der Waals surface area contributed by atoms with E-state index in [1.54, 1.807) is 0 Å². The van der Waals surface area contributed by atoms with Gasteiger partial charge in [-0.05, 0) is 18.6 Å². The number of rotatable bonds is 0. The first-order chi connectivity index (χ1) is 6.21. The standard InChI is InChI=1S/C13H22O/c1-12(2,3)10-8-7-9-11(14-10)13(4,5)6/h8-9H,7H2,1-6H3. The van der Waals surface area contributed by atoms with E-state index in [0.29, 0.717) is 0 Å². The Kier molecular flexibility index (Phi) is 2.80. The third kappa shape index (κ3) is 2.63. The predicted octanol–water partition coefficient (Wildman–Crippen LogP) is 4.27. The average Bonchev–Trinajstić information content (AvgIpc) is 2.01. The summed E-state index contributed by atoms with van der Waals surface area (Å²) >= 11 is 0. The highest BCUT2D eigenvalue weighted by atomic mass is 16.5. The largest absolute Gasteiger partial charge is 0.466 e. The Morgan fingerprint density at radius 2 is 1.21 bits per heavy atom. The molecule has 1 rings (SSSR count). The molecular weight excluding hydrogens is 172 g/mol. The molecule has 0 radical (unpaired) electrons. The van der Waals surface area contributed by atoms with E-state index in [9.17, 15) is 0 Å². The molecule has 80 valence electrons. The SMILES string of the molecule is CC(C)(C)C1=CCC=C(C(C)(C)C)O1. The van der Waals surface area contributed by atoms with Gasteiger partial charge in [-0.25, -0.2) is 0 Å². The highest BCUT2D eigenvalue weighted by Gasteiger charge is 2.27. The lowest BCUT2D eigenvalue weighted by Crippen LogP contribution is -2.20. The van der Waals surface area contributed by atoms with Crippen molar-refractivity contribution in [3.05, 3.63) is 23.7 Å². The Morgan fingerprint density at radius 1 is 0.857 bits per heavy atom. The average molecular weight is 194 g/mol. The summed E-state index contributed by atoms with van der Waals surface area (Å²) in [5, 5.41) is 0. The molecule has 0 spiro atoms. The van der Waals surface area contributed by atoms with Gasteiger partial charge < -0.3 is 4.74 Å². The van der Waals surface area contributed by atoms with Crippen LogP contribution >= 0.6 is 0 Å². The van der Waals surface area contributed by atoms with Gasteiger partial charge in [0.05, 0.1) is 0 Å². The van der Waals surface area contributed by atoms with E-state index < -0.39 is 0 Å². The quantitative estimate of drug-likeness (QED) is 0.559. The van der Waals surface area contributed by atoms with E-state index >= 15 is 0 Å². The molecule has 0 atom stereocenters. The Balaban J connectivity index is 2.79. The lowest BCUT2D eigenvalue weighted by atomic mass is 9.88. The van der Waals surface area contributed by atoms with Gasteiger partial charge in [0.2, 0.25) is 0 Å². The van der Waals surface area contributed by atoms with Crippen molar-refractivity contribution in [2.24, 2.45) is 10.8 Å². The molecule has 0 saturated carbocycles. The molecule has 0 saturated heterocycles. The Morgan fingerprint density at radius 3 is 1.50 bits per heavy atom. The first-order valence-electron chi connectivity index (χ1n) is 5.30. The van der Waals surface area contributed by atoms with E-state index in [2.05, 4.69) is 53.7 Å². The van der Waals surface area contributed by atoms with Gasteiger partial charge in [0, 0.05) is 10.8 Å². The topological polar surface area (TPSA) is 9.23 Å². The van der Waals surface area contributed by atoms with Crippen molar-refractivity contribution in [2.75, 3.05) is 0 Å². The fourth-order valence-corrected chi connectivity index (χ4v) is 1.39. The van der Waals surface area contributed by atoms with E-state index in [4.69, 9.17) is 4.74 Å². The van der Waals surface area contributed by atoms with Crippen molar-refractivity contribution in [1.29, 1.82) is 0 Å². The summed E-state index contributed by atoms with van der Waals surface area (Å²) in [4.78, 5) is 0. The van der Waals surface area contributed by atoms with Crippen molar-refractivity contribution in [3.8, 4) is 0 Å². The van der Waals surface area contributed by atoms with Gasteiger partial charge in [-0.15, -0.1) is 0 Å². The van der Waals surface area contributed by atoms with Gasteiger partial charge in [0.1, 0.15) is 11.5 Å². The molecule has 0 fully saturated rings. The highest BCUT2D eigenvalue weighted by Crippen LogP contribution is 2.37. The lowest BCUT2D eigenvalue weighted by Gasteiger charge is -2.32. The van der Waals surface area contributed by atoms with Crippen LogP contribution in [-0.2, 0) is 4.74 Å². The molecule has 0 aromatic rings. The highest BCUT2D eigenvalue weighted by molar-refractivity contribution is 5.18. The molecule has 0 aromatic carbocycles. The summed E-state index contributed by atoms with van der Waals surface area (Å²) in [7, 11) is 0. The van der Waals surface area contributed by atoms with E-state index in [1.807, 2.05) is 0 Å². The second kappa shape index (κ2) is 3.45. The van der Waals surface area contributed by atoms with Gasteiger partial charge >= 0.3 is 0 Å². The minimum atomic E-state index is 0.116. The molecule has 0 unspecified atom stereocenters. The Labute approximate surface area is 87.8 Å². The third-order valence-corrected chi connectivity index (χ3v) is 2.30. The molecule has 1 heteroatoms. The van der Waals surface area contributed by atoms with Crippen LogP contribution < -0.4 is 0 Å². The molecule has 1 aliphatic heterocycles. The maximum atomic E-state index is 5.94. The monoisotopic (exact) mass is 194 g/mol. The summed E-state index contributed by atoms with van der Waals surface area (Å²) in [5.41, 5.74) is 0.232. The summed E-state index contributed by atoms with van der Waals surface area (Å²) in [6.07, 6.45) is 5.35. The van der Waals surface area contributed by atoms with Crippen LogP contribution in [0.25, 0.3) is 0 Å². The molecule has 1 heterocycles. The zero-order valence-electron chi connectivity index (χ0n) is 10.3.